The zero-order valence-electron chi connectivity index (χ0n) is 10.8. The number of hydrogen-bond donors (Lipinski definition) is 1. The Balaban J connectivity index is 2.19. The van der Waals surface area contributed by atoms with Crippen molar-refractivity contribution in [3.05, 3.63) is 63.5 Å². The molecule has 2 N–H and O–H groups in total. The summed E-state index contributed by atoms with van der Waals surface area (Å²) in [6, 6.07) is 9.80. The smallest absolute Gasteiger partial charge is 0.305 e. The van der Waals surface area contributed by atoms with Gasteiger partial charge in [-0.15, -0.1) is 11.8 Å². The third-order valence-electron chi connectivity index (χ3n) is 2.80. The summed E-state index contributed by atoms with van der Waals surface area (Å²) < 4.78 is 13.9. The number of anilines is 1. The van der Waals surface area contributed by atoms with Gasteiger partial charge in [-0.2, -0.15) is 4.39 Å². The van der Waals surface area contributed by atoms with E-state index in [0.717, 1.165) is 16.5 Å². The average molecular weight is 292 g/mol. The second kappa shape index (κ2) is 5.92. The number of nitro groups is 1. The molecule has 0 aromatic heterocycles. The van der Waals surface area contributed by atoms with Gasteiger partial charge in [0.05, 0.1) is 4.92 Å². The highest BCUT2D eigenvalue weighted by Crippen LogP contribution is 2.31. The number of thioether (sulfide) groups is 1. The molecule has 104 valence electrons. The molecule has 0 atom stereocenters. The maximum absolute atomic E-state index is 13.9. The molecule has 0 heterocycles. The molecule has 0 aliphatic carbocycles. The largest absolute Gasteiger partial charge is 0.398 e. The van der Waals surface area contributed by atoms with E-state index in [1.807, 2.05) is 25.1 Å². The molecule has 0 spiro atoms. The summed E-state index contributed by atoms with van der Waals surface area (Å²) in [4.78, 5) is 10.8. The van der Waals surface area contributed by atoms with Crippen LogP contribution in [0, 0.1) is 22.9 Å². The van der Waals surface area contributed by atoms with E-state index >= 15 is 0 Å². The second-order valence-electron chi connectivity index (χ2n) is 4.34. The van der Waals surface area contributed by atoms with E-state index in [4.69, 9.17) is 5.73 Å². The number of rotatable bonds is 4. The zero-order chi connectivity index (χ0) is 14.7. The van der Waals surface area contributed by atoms with Gasteiger partial charge < -0.3 is 5.73 Å². The van der Waals surface area contributed by atoms with Crippen molar-refractivity contribution in [2.45, 2.75) is 17.6 Å². The van der Waals surface area contributed by atoms with E-state index in [1.165, 1.54) is 17.8 Å². The summed E-state index contributed by atoms with van der Waals surface area (Å²) in [6.45, 7) is 1.94. The van der Waals surface area contributed by atoms with Crippen molar-refractivity contribution >= 4 is 23.1 Å². The summed E-state index contributed by atoms with van der Waals surface area (Å²) in [6.07, 6.45) is 0. The minimum absolute atomic E-state index is 0.292. The Morgan fingerprint density at radius 2 is 2.10 bits per heavy atom. The Morgan fingerprint density at radius 3 is 2.75 bits per heavy atom. The number of benzene rings is 2. The first-order valence-electron chi connectivity index (χ1n) is 5.89. The van der Waals surface area contributed by atoms with Crippen molar-refractivity contribution in [1.29, 1.82) is 0 Å². The van der Waals surface area contributed by atoms with Crippen molar-refractivity contribution in [2.24, 2.45) is 0 Å². The van der Waals surface area contributed by atoms with Crippen LogP contribution in [-0.2, 0) is 5.75 Å². The quantitative estimate of drug-likeness (QED) is 0.401. The van der Waals surface area contributed by atoms with Crippen molar-refractivity contribution in [3.63, 3.8) is 0 Å². The summed E-state index contributed by atoms with van der Waals surface area (Å²) in [5.41, 5.74) is 7.35. The number of nitrogens with two attached hydrogens (primary N) is 1. The van der Waals surface area contributed by atoms with E-state index in [-0.39, 0.29) is 0 Å². The summed E-state index contributed by atoms with van der Waals surface area (Å²) in [5, 5.41) is 10.7. The second-order valence-corrected chi connectivity index (χ2v) is 5.35. The van der Waals surface area contributed by atoms with Gasteiger partial charge in [0.2, 0.25) is 5.82 Å². The normalized spacial score (nSPS) is 10.5. The number of aryl methyl sites for hydroxylation is 1. The average Bonchev–Trinajstić information content (AvgIpc) is 2.39. The molecule has 20 heavy (non-hydrogen) atoms. The zero-order valence-corrected chi connectivity index (χ0v) is 11.6. The Labute approximate surface area is 119 Å². The number of nitro benzene ring substituents is 1. The molecule has 0 aliphatic rings. The predicted molar refractivity (Wildman–Crippen MR) is 78.2 cm³/mol. The first-order chi connectivity index (χ1) is 9.49. The molecule has 0 saturated carbocycles. The third-order valence-corrected chi connectivity index (χ3v) is 3.94. The van der Waals surface area contributed by atoms with Gasteiger partial charge in [-0.3, -0.25) is 10.1 Å². The van der Waals surface area contributed by atoms with Gasteiger partial charge in [0.25, 0.3) is 0 Å². The fourth-order valence-corrected chi connectivity index (χ4v) is 2.70. The van der Waals surface area contributed by atoms with E-state index in [9.17, 15) is 14.5 Å². The molecule has 0 radical (unpaired) electrons. The lowest BCUT2D eigenvalue weighted by molar-refractivity contribution is -0.387. The molecule has 0 aliphatic heterocycles. The Morgan fingerprint density at radius 1 is 1.35 bits per heavy atom. The van der Waals surface area contributed by atoms with Crippen LogP contribution in [0.2, 0.25) is 0 Å². The van der Waals surface area contributed by atoms with Gasteiger partial charge >= 0.3 is 5.69 Å². The standard InChI is InChI=1S/C14H13FN2O2S/c1-9-5-6-13(11(16)7-9)20-8-10-3-2-4-12(14(10)15)17(18)19/h2-7H,8,16H2,1H3. The van der Waals surface area contributed by atoms with E-state index < -0.39 is 16.4 Å². The van der Waals surface area contributed by atoms with Gasteiger partial charge in [-0.1, -0.05) is 18.2 Å². The van der Waals surface area contributed by atoms with Crippen LogP contribution in [0.15, 0.2) is 41.3 Å². The van der Waals surface area contributed by atoms with Gasteiger partial charge in [-0.05, 0) is 24.6 Å². The van der Waals surface area contributed by atoms with Crippen LogP contribution in [0.3, 0.4) is 0 Å². The Bertz CT molecular complexity index is 662. The topological polar surface area (TPSA) is 69.2 Å². The molecular formula is C14H13FN2O2S. The van der Waals surface area contributed by atoms with Crippen LogP contribution in [0.4, 0.5) is 15.8 Å². The lowest BCUT2D eigenvalue weighted by Crippen LogP contribution is -1.97. The van der Waals surface area contributed by atoms with E-state index in [0.29, 0.717) is 17.0 Å². The lowest BCUT2D eigenvalue weighted by Gasteiger charge is -2.07. The van der Waals surface area contributed by atoms with Crippen LogP contribution in [0.5, 0.6) is 0 Å². The van der Waals surface area contributed by atoms with Gasteiger partial charge in [0.15, 0.2) is 0 Å². The van der Waals surface area contributed by atoms with E-state index in [1.54, 1.807) is 6.07 Å². The van der Waals surface area contributed by atoms with Crippen molar-refractivity contribution in [3.8, 4) is 0 Å². The van der Waals surface area contributed by atoms with Crippen molar-refractivity contribution < 1.29 is 9.31 Å². The summed E-state index contributed by atoms with van der Waals surface area (Å²) in [7, 11) is 0. The molecule has 0 unspecified atom stereocenters. The number of nitrogen functional groups attached to an aromatic ring is 1. The third kappa shape index (κ3) is 3.08. The molecular weight excluding hydrogens is 279 g/mol. The van der Waals surface area contributed by atoms with Crippen molar-refractivity contribution in [2.75, 3.05) is 5.73 Å². The van der Waals surface area contributed by atoms with E-state index in [2.05, 4.69) is 0 Å². The minimum Gasteiger partial charge on any atom is -0.398 e. The molecule has 0 bridgehead atoms. The van der Waals surface area contributed by atoms with Crippen LogP contribution >= 0.6 is 11.8 Å². The summed E-state index contributed by atoms with van der Waals surface area (Å²) >= 11 is 1.36. The molecule has 0 saturated heterocycles. The van der Waals surface area contributed by atoms with Crippen LogP contribution < -0.4 is 5.73 Å². The number of halogens is 1. The lowest BCUT2D eigenvalue weighted by atomic mass is 10.2. The first-order valence-corrected chi connectivity index (χ1v) is 6.88. The number of hydrogen-bond acceptors (Lipinski definition) is 4. The molecule has 2 rings (SSSR count). The maximum atomic E-state index is 13.9. The minimum atomic E-state index is -0.782. The van der Waals surface area contributed by atoms with Gasteiger partial charge in [-0.25, -0.2) is 0 Å². The highest BCUT2D eigenvalue weighted by Gasteiger charge is 2.17. The predicted octanol–water partition coefficient (Wildman–Crippen LogP) is 3.92. The highest BCUT2D eigenvalue weighted by molar-refractivity contribution is 7.98. The van der Waals surface area contributed by atoms with Crippen LogP contribution in [0.25, 0.3) is 0 Å². The van der Waals surface area contributed by atoms with Crippen molar-refractivity contribution in [1.82, 2.24) is 0 Å². The number of nitrogens with zero attached hydrogens (tertiary/aromatic N) is 1. The maximum Gasteiger partial charge on any atom is 0.305 e. The highest BCUT2D eigenvalue weighted by atomic mass is 32.2. The molecule has 2 aromatic carbocycles. The molecule has 4 nitrogen and oxygen atoms in total. The van der Waals surface area contributed by atoms with Gasteiger partial charge in [0.1, 0.15) is 0 Å². The first kappa shape index (κ1) is 14.3. The fourth-order valence-electron chi connectivity index (χ4n) is 1.77. The SMILES string of the molecule is Cc1ccc(SCc2cccc([N+](=O)[O-])c2F)c(N)c1. The molecule has 2 aromatic rings. The van der Waals surface area contributed by atoms with Gasteiger partial charge in [0, 0.05) is 28.0 Å². The Kier molecular flexibility index (Phi) is 4.24. The Hall–Kier alpha value is -2.08. The summed E-state index contributed by atoms with van der Waals surface area (Å²) in [5.74, 6) is -0.489. The monoisotopic (exact) mass is 292 g/mol. The van der Waals surface area contributed by atoms with Crippen LogP contribution in [0.1, 0.15) is 11.1 Å². The molecule has 6 heteroatoms. The molecule has 0 amide bonds. The van der Waals surface area contributed by atoms with Crippen LogP contribution in [-0.4, -0.2) is 4.92 Å². The molecule has 0 fully saturated rings. The fraction of sp³-hybridized carbons (Fsp3) is 0.143.